The topological polar surface area (TPSA) is 30.5 Å². The third-order valence-electron chi connectivity index (χ3n) is 4.51. The molecule has 1 aliphatic rings. The van der Waals surface area contributed by atoms with E-state index in [9.17, 15) is 8.78 Å². The van der Waals surface area contributed by atoms with Crippen LogP contribution in [0.4, 0.5) is 8.78 Å². The first-order valence-electron chi connectivity index (χ1n) is 8.53. The van der Waals surface area contributed by atoms with Gasteiger partial charge in [0.1, 0.15) is 0 Å². The zero-order chi connectivity index (χ0) is 17.6. The molecule has 5 heteroatoms. The molecule has 0 radical (unpaired) electrons. The lowest BCUT2D eigenvalue weighted by atomic mass is 9.99. The van der Waals surface area contributed by atoms with E-state index >= 15 is 0 Å². The number of rotatable bonds is 7. The molecule has 25 heavy (non-hydrogen) atoms. The maximum absolute atomic E-state index is 13.6. The maximum atomic E-state index is 13.6. The van der Waals surface area contributed by atoms with E-state index in [1.807, 2.05) is 18.2 Å². The van der Waals surface area contributed by atoms with Crippen LogP contribution in [0.15, 0.2) is 48.5 Å². The highest BCUT2D eigenvalue weighted by Crippen LogP contribution is 2.30. The first kappa shape index (κ1) is 18.0. The average molecular weight is 347 g/mol. The molecule has 2 aromatic rings. The minimum atomic E-state index is -0.843. The van der Waals surface area contributed by atoms with Crippen LogP contribution in [0, 0.1) is 11.6 Å². The summed E-state index contributed by atoms with van der Waals surface area (Å²) in [6.07, 6.45) is 1.36. The largest absolute Gasteiger partial charge is 0.383 e. The van der Waals surface area contributed by atoms with Crippen LogP contribution in [0.3, 0.4) is 0 Å². The molecule has 0 amide bonds. The van der Waals surface area contributed by atoms with Gasteiger partial charge in [-0.2, -0.15) is 0 Å². The second-order valence-electron chi connectivity index (χ2n) is 6.37. The SMILES string of the molecule is COC[C@H](Cc1ccccc1)N[C@H]1CCO[C@@H]1c1ccc(F)c(F)c1. The van der Waals surface area contributed by atoms with Gasteiger partial charge in [0.05, 0.1) is 12.7 Å². The Kier molecular flexibility index (Phi) is 6.13. The van der Waals surface area contributed by atoms with Crippen LogP contribution in [0.1, 0.15) is 23.7 Å². The highest BCUT2D eigenvalue weighted by atomic mass is 19.2. The molecule has 3 rings (SSSR count). The zero-order valence-corrected chi connectivity index (χ0v) is 14.3. The van der Waals surface area contributed by atoms with Crippen LogP contribution in [-0.4, -0.2) is 32.4 Å². The maximum Gasteiger partial charge on any atom is 0.159 e. The van der Waals surface area contributed by atoms with Crippen molar-refractivity contribution < 1.29 is 18.3 Å². The number of halogens is 2. The molecule has 1 N–H and O–H groups in total. The van der Waals surface area contributed by atoms with Crippen molar-refractivity contribution in [3.63, 3.8) is 0 Å². The lowest BCUT2D eigenvalue weighted by Crippen LogP contribution is -2.43. The minimum Gasteiger partial charge on any atom is -0.383 e. The van der Waals surface area contributed by atoms with Crippen molar-refractivity contribution in [3.05, 3.63) is 71.3 Å². The van der Waals surface area contributed by atoms with Gasteiger partial charge < -0.3 is 14.8 Å². The Morgan fingerprint density at radius 1 is 1.16 bits per heavy atom. The summed E-state index contributed by atoms with van der Waals surface area (Å²) >= 11 is 0. The summed E-state index contributed by atoms with van der Waals surface area (Å²) in [5, 5.41) is 3.58. The molecule has 3 nitrogen and oxygen atoms in total. The summed E-state index contributed by atoms with van der Waals surface area (Å²) in [5.41, 5.74) is 1.88. The van der Waals surface area contributed by atoms with Gasteiger partial charge in [-0.1, -0.05) is 36.4 Å². The molecule has 1 saturated heterocycles. The van der Waals surface area contributed by atoms with E-state index in [1.54, 1.807) is 13.2 Å². The highest BCUT2D eigenvalue weighted by molar-refractivity contribution is 5.23. The summed E-state index contributed by atoms with van der Waals surface area (Å²) in [5.74, 6) is -1.68. The molecule has 0 bridgehead atoms. The Labute approximate surface area is 147 Å². The van der Waals surface area contributed by atoms with Crippen molar-refractivity contribution in [1.82, 2.24) is 5.32 Å². The first-order valence-corrected chi connectivity index (χ1v) is 8.53. The highest BCUT2D eigenvalue weighted by Gasteiger charge is 2.31. The predicted octanol–water partition coefficient (Wildman–Crippen LogP) is 3.64. The number of methoxy groups -OCH3 is 1. The Bertz CT molecular complexity index is 681. The fourth-order valence-electron chi connectivity index (χ4n) is 3.35. The van der Waals surface area contributed by atoms with E-state index in [0.717, 1.165) is 18.9 Å². The molecule has 0 saturated carbocycles. The van der Waals surface area contributed by atoms with Gasteiger partial charge in [-0.25, -0.2) is 8.78 Å². The average Bonchev–Trinajstić information content (AvgIpc) is 3.06. The van der Waals surface area contributed by atoms with Crippen molar-refractivity contribution in [2.75, 3.05) is 20.3 Å². The van der Waals surface area contributed by atoms with E-state index in [0.29, 0.717) is 18.8 Å². The molecule has 0 spiro atoms. The molecule has 134 valence electrons. The molecule has 1 fully saturated rings. The predicted molar refractivity (Wildman–Crippen MR) is 92.4 cm³/mol. The van der Waals surface area contributed by atoms with Crippen LogP contribution in [-0.2, 0) is 15.9 Å². The molecule has 1 aliphatic heterocycles. The van der Waals surface area contributed by atoms with Gasteiger partial charge in [0.25, 0.3) is 0 Å². The third-order valence-corrected chi connectivity index (χ3v) is 4.51. The third kappa shape index (κ3) is 4.63. The van der Waals surface area contributed by atoms with E-state index in [1.165, 1.54) is 11.6 Å². The summed E-state index contributed by atoms with van der Waals surface area (Å²) in [6, 6.07) is 14.3. The van der Waals surface area contributed by atoms with Gasteiger partial charge in [0.2, 0.25) is 0 Å². The molecular formula is C20H23F2NO2. The number of ether oxygens (including phenoxy) is 2. The summed E-state index contributed by atoms with van der Waals surface area (Å²) in [7, 11) is 1.68. The first-order chi connectivity index (χ1) is 12.2. The molecule has 2 aromatic carbocycles. The van der Waals surface area contributed by atoms with Crippen LogP contribution in [0.2, 0.25) is 0 Å². The standard InChI is InChI=1S/C20H23F2NO2/c1-24-13-16(11-14-5-3-2-4-6-14)23-19-9-10-25-20(19)15-7-8-17(21)18(22)12-15/h2-8,12,16,19-20,23H,9-11,13H2,1H3/t16-,19-,20+/m0/s1. The summed E-state index contributed by atoms with van der Waals surface area (Å²) in [4.78, 5) is 0. The summed E-state index contributed by atoms with van der Waals surface area (Å²) in [6.45, 7) is 1.16. The molecule has 1 heterocycles. The van der Waals surface area contributed by atoms with Crippen molar-refractivity contribution in [2.45, 2.75) is 31.0 Å². The van der Waals surface area contributed by atoms with E-state index in [-0.39, 0.29) is 18.2 Å². The van der Waals surface area contributed by atoms with Crippen LogP contribution >= 0.6 is 0 Å². The van der Waals surface area contributed by atoms with Gasteiger partial charge in [0, 0.05) is 25.8 Å². The number of nitrogens with one attached hydrogen (secondary N) is 1. The second-order valence-corrected chi connectivity index (χ2v) is 6.37. The van der Waals surface area contributed by atoms with E-state index in [2.05, 4.69) is 17.4 Å². The van der Waals surface area contributed by atoms with Gasteiger partial charge in [-0.05, 0) is 36.1 Å². The van der Waals surface area contributed by atoms with E-state index < -0.39 is 11.6 Å². The van der Waals surface area contributed by atoms with Crippen LogP contribution in [0.5, 0.6) is 0 Å². The van der Waals surface area contributed by atoms with Crippen molar-refractivity contribution in [2.24, 2.45) is 0 Å². The number of hydrogen-bond acceptors (Lipinski definition) is 3. The van der Waals surface area contributed by atoms with Crippen LogP contribution < -0.4 is 5.32 Å². The molecule has 0 aromatic heterocycles. The molecule has 0 unspecified atom stereocenters. The molecule has 0 aliphatic carbocycles. The Balaban J connectivity index is 1.70. The smallest absolute Gasteiger partial charge is 0.159 e. The Hall–Kier alpha value is -1.82. The molecular weight excluding hydrogens is 324 g/mol. The second kappa shape index (κ2) is 8.52. The van der Waals surface area contributed by atoms with Crippen molar-refractivity contribution in [3.8, 4) is 0 Å². The van der Waals surface area contributed by atoms with Crippen LogP contribution in [0.25, 0.3) is 0 Å². The van der Waals surface area contributed by atoms with Gasteiger partial charge in [0.15, 0.2) is 11.6 Å². The fraction of sp³-hybridized carbons (Fsp3) is 0.400. The van der Waals surface area contributed by atoms with Crippen molar-refractivity contribution >= 4 is 0 Å². The number of hydrogen-bond donors (Lipinski definition) is 1. The zero-order valence-electron chi connectivity index (χ0n) is 14.3. The number of benzene rings is 2. The van der Waals surface area contributed by atoms with Crippen molar-refractivity contribution in [1.29, 1.82) is 0 Å². The lowest BCUT2D eigenvalue weighted by Gasteiger charge is -2.26. The van der Waals surface area contributed by atoms with E-state index in [4.69, 9.17) is 9.47 Å². The fourth-order valence-corrected chi connectivity index (χ4v) is 3.35. The van der Waals surface area contributed by atoms with Gasteiger partial charge in [-0.3, -0.25) is 0 Å². The summed E-state index contributed by atoms with van der Waals surface area (Å²) < 4.78 is 37.9. The lowest BCUT2D eigenvalue weighted by molar-refractivity contribution is 0.0896. The Morgan fingerprint density at radius 2 is 1.96 bits per heavy atom. The van der Waals surface area contributed by atoms with Gasteiger partial charge >= 0.3 is 0 Å². The molecule has 3 atom stereocenters. The minimum absolute atomic E-state index is 0.0359. The monoisotopic (exact) mass is 347 g/mol. The quantitative estimate of drug-likeness (QED) is 0.829. The van der Waals surface area contributed by atoms with Gasteiger partial charge in [-0.15, -0.1) is 0 Å². The Morgan fingerprint density at radius 3 is 2.68 bits per heavy atom. The normalized spacial score (nSPS) is 21.4.